The van der Waals surface area contributed by atoms with Crippen molar-refractivity contribution in [2.75, 3.05) is 26.1 Å². The molecule has 0 heterocycles. The second-order valence-corrected chi connectivity index (χ2v) is 5.28. The first kappa shape index (κ1) is 15.2. The van der Waals surface area contributed by atoms with Crippen LogP contribution in [-0.2, 0) is 9.47 Å². The summed E-state index contributed by atoms with van der Waals surface area (Å²) in [5.74, 6) is 0.745. The molecule has 1 N–H and O–H groups in total. The normalized spacial score (nSPS) is 17.4. The summed E-state index contributed by atoms with van der Waals surface area (Å²) >= 11 is 1.79. The third-order valence-electron chi connectivity index (χ3n) is 2.12. The van der Waals surface area contributed by atoms with Crippen LogP contribution in [0.1, 0.15) is 27.2 Å². The number of thioether (sulfide) groups is 1. The molecule has 0 bridgehead atoms. The molecule has 0 saturated carbocycles. The van der Waals surface area contributed by atoms with Gasteiger partial charge in [0.2, 0.25) is 0 Å². The Kier molecular flexibility index (Phi) is 9.60. The third kappa shape index (κ3) is 9.18. The van der Waals surface area contributed by atoms with Gasteiger partial charge >= 0.3 is 0 Å². The number of hydrogen-bond acceptors (Lipinski definition) is 4. The van der Waals surface area contributed by atoms with Gasteiger partial charge in [-0.25, -0.2) is 0 Å². The van der Waals surface area contributed by atoms with Crippen molar-refractivity contribution in [2.24, 2.45) is 0 Å². The van der Waals surface area contributed by atoms with E-state index in [0.717, 1.165) is 12.2 Å². The highest BCUT2D eigenvalue weighted by Gasteiger charge is 2.09. The Morgan fingerprint density at radius 2 is 1.93 bits per heavy atom. The van der Waals surface area contributed by atoms with Crippen LogP contribution in [0.4, 0.5) is 0 Å². The zero-order valence-corrected chi connectivity index (χ0v) is 11.0. The van der Waals surface area contributed by atoms with Crippen LogP contribution in [0.2, 0.25) is 0 Å². The molecule has 0 rings (SSSR count). The van der Waals surface area contributed by atoms with Crippen molar-refractivity contribution in [3.8, 4) is 0 Å². The van der Waals surface area contributed by atoms with Crippen LogP contribution in [0.25, 0.3) is 0 Å². The van der Waals surface area contributed by atoms with Crippen molar-refractivity contribution in [2.45, 2.75) is 44.6 Å². The van der Waals surface area contributed by atoms with Crippen LogP contribution in [0.5, 0.6) is 0 Å². The van der Waals surface area contributed by atoms with Gasteiger partial charge in [0.25, 0.3) is 0 Å². The number of aliphatic hydroxyl groups is 1. The van der Waals surface area contributed by atoms with E-state index in [-0.39, 0.29) is 12.2 Å². The van der Waals surface area contributed by atoms with Crippen molar-refractivity contribution in [1.82, 2.24) is 0 Å². The highest BCUT2D eigenvalue weighted by molar-refractivity contribution is 7.99. The molecule has 0 aliphatic heterocycles. The molecular formula is C11H24O3S. The maximum absolute atomic E-state index is 9.62. The smallest absolute Gasteiger partial charge is 0.0864 e. The number of hydrogen-bond donors (Lipinski definition) is 1. The van der Waals surface area contributed by atoms with E-state index in [0.29, 0.717) is 18.5 Å². The average Bonchev–Trinajstić information content (AvgIpc) is 2.23. The van der Waals surface area contributed by atoms with Crippen molar-refractivity contribution >= 4 is 11.8 Å². The van der Waals surface area contributed by atoms with Crippen LogP contribution in [-0.4, -0.2) is 48.6 Å². The first-order valence-electron chi connectivity index (χ1n) is 5.50. The van der Waals surface area contributed by atoms with E-state index < -0.39 is 0 Å². The fourth-order valence-electron chi connectivity index (χ4n) is 0.999. The van der Waals surface area contributed by atoms with Crippen LogP contribution in [0.15, 0.2) is 0 Å². The van der Waals surface area contributed by atoms with Crippen molar-refractivity contribution in [3.05, 3.63) is 0 Å². The molecule has 0 aliphatic rings. The topological polar surface area (TPSA) is 38.7 Å². The Balaban J connectivity index is 3.44. The summed E-state index contributed by atoms with van der Waals surface area (Å²) in [4.78, 5) is 0. The summed E-state index contributed by atoms with van der Waals surface area (Å²) in [6, 6.07) is 0. The molecule has 0 saturated heterocycles. The van der Waals surface area contributed by atoms with Gasteiger partial charge in [-0.3, -0.25) is 0 Å². The van der Waals surface area contributed by atoms with E-state index in [4.69, 9.17) is 9.47 Å². The molecule has 0 radical (unpaired) electrons. The van der Waals surface area contributed by atoms with E-state index >= 15 is 0 Å². The van der Waals surface area contributed by atoms with E-state index in [1.807, 2.05) is 6.92 Å². The van der Waals surface area contributed by atoms with Gasteiger partial charge in [-0.05, 0) is 13.3 Å². The monoisotopic (exact) mass is 236 g/mol. The molecule has 0 fully saturated rings. The maximum Gasteiger partial charge on any atom is 0.0864 e. The molecule has 3 nitrogen and oxygen atoms in total. The van der Waals surface area contributed by atoms with Crippen LogP contribution in [0, 0.1) is 0 Å². The van der Waals surface area contributed by atoms with Gasteiger partial charge in [-0.1, -0.05) is 13.8 Å². The Morgan fingerprint density at radius 3 is 2.47 bits per heavy atom. The molecule has 0 aliphatic carbocycles. The predicted octanol–water partition coefficient (Wildman–Crippen LogP) is 1.93. The molecule has 92 valence electrons. The summed E-state index contributed by atoms with van der Waals surface area (Å²) in [5.41, 5.74) is 0. The lowest BCUT2D eigenvalue weighted by Crippen LogP contribution is -2.24. The lowest BCUT2D eigenvalue weighted by atomic mass is 10.4. The molecule has 15 heavy (non-hydrogen) atoms. The summed E-state index contributed by atoms with van der Waals surface area (Å²) in [7, 11) is 1.65. The number of aliphatic hydroxyl groups excluding tert-OH is 1. The SMILES string of the molecule is CCC(C)SCC(O)COC(C)COC. The second kappa shape index (κ2) is 9.46. The largest absolute Gasteiger partial charge is 0.390 e. The number of ether oxygens (including phenoxy) is 2. The molecule has 3 atom stereocenters. The van der Waals surface area contributed by atoms with Crippen LogP contribution < -0.4 is 0 Å². The molecule has 3 unspecified atom stereocenters. The maximum atomic E-state index is 9.62. The highest BCUT2D eigenvalue weighted by atomic mass is 32.2. The highest BCUT2D eigenvalue weighted by Crippen LogP contribution is 2.14. The Labute approximate surface area is 97.5 Å². The fraction of sp³-hybridized carbons (Fsp3) is 1.00. The van der Waals surface area contributed by atoms with E-state index in [2.05, 4.69) is 13.8 Å². The lowest BCUT2D eigenvalue weighted by molar-refractivity contribution is -0.0257. The van der Waals surface area contributed by atoms with Gasteiger partial charge in [0, 0.05) is 18.1 Å². The minimum absolute atomic E-state index is 0.0539. The minimum Gasteiger partial charge on any atom is -0.390 e. The zero-order valence-electron chi connectivity index (χ0n) is 10.2. The van der Waals surface area contributed by atoms with Gasteiger partial charge < -0.3 is 14.6 Å². The first-order chi connectivity index (χ1) is 7.10. The Hall–Kier alpha value is 0.230. The average molecular weight is 236 g/mol. The third-order valence-corrected chi connectivity index (χ3v) is 3.60. The molecule has 0 amide bonds. The standard InChI is InChI=1S/C11H24O3S/c1-5-10(3)15-8-11(12)7-14-9(2)6-13-4/h9-12H,5-8H2,1-4H3. The summed E-state index contributed by atoms with van der Waals surface area (Å²) in [5, 5.41) is 10.2. The molecule has 0 aromatic carbocycles. The van der Waals surface area contributed by atoms with Crippen molar-refractivity contribution in [3.63, 3.8) is 0 Å². The van der Waals surface area contributed by atoms with Crippen molar-refractivity contribution in [1.29, 1.82) is 0 Å². The lowest BCUT2D eigenvalue weighted by Gasteiger charge is -2.16. The van der Waals surface area contributed by atoms with Gasteiger partial charge in [0.05, 0.1) is 25.4 Å². The Morgan fingerprint density at radius 1 is 1.27 bits per heavy atom. The molecular weight excluding hydrogens is 212 g/mol. The first-order valence-corrected chi connectivity index (χ1v) is 6.55. The van der Waals surface area contributed by atoms with Crippen molar-refractivity contribution < 1.29 is 14.6 Å². The van der Waals surface area contributed by atoms with E-state index in [9.17, 15) is 5.11 Å². The predicted molar refractivity (Wildman–Crippen MR) is 65.5 cm³/mol. The second-order valence-electron chi connectivity index (χ2n) is 3.81. The van der Waals surface area contributed by atoms with E-state index in [1.165, 1.54) is 0 Å². The minimum atomic E-state index is -0.372. The summed E-state index contributed by atoms with van der Waals surface area (Å²) < 4.78 is 10.4. The quantitative estimate of drug-likeness (QED) is 0.664. The van der Waals surface area contributed by atoms with Gasteiger partial charge in [0.1, 0.15) is 0 Å². The molecule has 0 aromatic heterocycles. The molecule has 4 heteroatoms. The van der Waals surface area contributed by atoms with Crippen LogP contribution >= 0.6 is 11.8 Å². The van der Waals surface area contributed by atoms with Gasteiger partial charge in [-0.15, -0.1) is 0 Å². The zero-order chi connectivity index (χ0) is 11.7. The summed E-state index contributed by atoms with van der Waals surface area (Å²) in [6.07, 6.45) is 0.819. The van der Waals surface area contributed by atoms with Gasteiger partial charge in [0.15, 0.2) is 0 Å². The van der Waals surface area contributed by atoms with E-state index in [1.54, 1.807) is 18.9 Å². The number of methoxy groups -OCH3 is 1. The van der Waals surface area contributed by atoms with Crippen LogP contribution in [0.3, 0.4) is 0 Å². The summed E-state index contributed by atoms with van der Waals surface area (Å²) in [6.45, 7) is 7.24. The van der Waals surface area contributed by atoms with Gasteiger partial charge in [-0.2, -0.15) is 11.8 Å². The Bertz CT molecular complexity index is 144. The molecule has 0 aromatic rings. The number of rotatable bonds is 9. The molecule has 0 spiro atoms. The fourth-order valence-corrected chi connectivity index (χ4v) is 1.88.